The van der Waals surface area contributed by atoms with Crippen molar-refractivity contribution in [2.45, 2.75) is 32.2 Å². The van der Waals surface area contributed by atoms with Crippen LogP contribution in [0.15, 0.2) is 0 Å². The van der Waals surface area contributed by atoms with Gasteiger partial charge in [-0.2, -0.15) is 0 Å². The molecular weight excluding hydrogens is 218 g/mol. The molecule has 0 bridgehead atoms. The Morgan fingerprint density at radius 3 is 2.71 bits per heavy atom. The van der Waals surface area contributed by atoms with Crippen LogP contribution in [0.5, 0.6) is 0 Å². The van der Waals surface area contributed by atoms with Crippen molar-refractivity contribution >= 4 is 11.8 Å². The second-order valence-electron chi connectivity index (χ2n) is 4.91. The Kier molecular flexibility index (Phi) is 3.99. The molecule has 5 heteroatoms. The average Bonchev–Trinajstić information content (AvgIpc) is 3.08. The van der Waals surface area contributed by atoms with Gasteiger partial charge < -0.3 is 15.5 Å². The third-order valence-electron chi connectivity index (χ3n) is 3.50. The van der Waals surface area contributed by atoms with Crippen molar-refractivity contribution in [3.8, 4) is 0 Å². The lowest BCUT2D eigenvalue weighted by atomic mass is 10.2. The lowest BCUT2D eigenvalue weighted by molar-refractivity contribution is -0.146. The number of hydrogen-bond acceptors (Lipinski definition) is 3. The predicted molar refractivity (Wildman–Crippen MR) is 64.4 cm³/mol. The third-order valence-corrected chi connectivity index (χ3v) is 3.50. The van der Waals surface area contributed by atoms with Crippen LogP contribution in [0.1, 0.15) is 26.2 Å². The van der Waals surface area contributed by atoms with Gasteiger partial charge in [0.2, 0.25) is 0 Å². The monoisotopic (exact) mass is 239 g/mol. The van der Waals surface area contributed by atoms with Gasteiger partial charge >= 0.3 is 11.8 Å². The van der Waals surface area contributed by atoms with Crippen LogP contribution in [-0.2, 0) is 9.59 Å². The highest BCUT2D eigenvalue weighted by Gasteiger charge is 2.38. The molecule has 96 valence electrons. The number of piperazine rings is 1. The van der Waals surface area contributed by atoms with Gasteiger partial charge in [0.15, 0.2) is 0 Å². The Labute approximate surface area is 102 Å². The SMILES string of the molecule is CCCC1CC1NC(=O)C(=O)N1CCNCC1. The Morgan fingerprint density at radius 2 is 2.06 bits per heavy atom. The summed E-state index contributed by atoms with van der Waals surface area (Å²) in [7, 11) is 0. The third kappa shape index (κ3) is 3.19. The van der Waals surface area contributed by atoms with E-state index in [0.717, 1.165) is 32.4 Å². The maximum atomic E-state index is 11.8. The number of hydrogen-bond donors (Lipinski definition) is 2. The zero-order chi connectivity index (χ0) is 12.3. The van der Waals surface area contributed by atoms with Gasteiger partial charge in [-0.15, -0.1) is 0 Å². The van der Waals surface area contributed by atoms with Crippen LogP contribution in [0.4, 0.5) is 0 Å². The van der Waals surface area contributed by atoms with Gasteiger partial charge in [0.25, 0.3) is 0 Å². The summed E-state index contributed by atoms with van der Waals surface area (Å²) in [6, 6.07) is 0.245. The lowest BCUT2D eigenvalue weighted by Crippen LogP contribution is -2.51. The van der Waals surface area contributed by atoms with Crippen LogP contribution < -0.4 is 10.6 Å². The van der Waals surface area contributed by atoms with E-state index in [1.807, 2.05) is 0 Å². The normalized spacial score (nSPS) is 27.7. The van der Waals surface area contributed by atoms with E-state index in [1.54, 1.807) is 4.90 Å². The van der Waals surface area contributed by atoms with Crippen molar-refractivity contribution in [3.05, 3.63) is 0 Å². The fourth-order valence-electron chi connectivity index (χ4n) is 2.36. The molecule has 1 aliphatic heterocycles. The molecule has 1 saturated heterocycles. The van der Waals surface area contributed by atoms with E-state index in [1.165, 1.54) is 0 Å². The second kappa shape index (κ2) is 5.49. The summed E-state index contributed by atoms with van der Waals surface area (Å²) >= 11 is 0. The van der Waals surface area contributed by atoms with Gasteiger partial charge in [-0.1, -0.05) is 13.3 Å². The van der Waals surface area contributed by atoms with Gasteiger partial charge in [0.05, 0.1) is 0 Å². The molecule has 1 aliphatic carbocycles. The summed E-state index contributed by atoms with van der Waals surface area (Å²) in [5.41, 5.74) is 0. The summed E-state index contributed by atoms with van der Waals surface area (Å²) in [5.74, 6) is -0.191. The van der Waals surface area contributed by atoms with Crippen molar-refractivity contribution in [3.63, 3.8) is 0 Å². The van der Waals surface area contributed by atoms with Gasteiger partial charge in [-0.05, 0) is 18.8 Å². The van der Waals surface area contributed by atoms with E-state index in [2.05, 4.69) is 17.6 Å². The Morgan fingerprint density at radius 1 is 1.35 bits per heavy atom. The minimum absolute atomic E-state index is 0.245. The number of nitrogens with zero attached hydrogens (tertiary/aromatic N) is 1. The number of nitrogens with one attached hydrogen (secondary N) is 2. The highest BCUT2D eigenvalue weighted by atomic mass is 16.2. The molecular formula is C12H21N3O2. The highest BCUT2D eigenvalue weighted by molar-refractivity contribution is 6.35. The van der Waals surface area contributed by atoms with Crippen molar-refractivity contribution < 1.29 is 9.59 Å². The Bertz CT molecular complexity index is 300. The molecule has 0 aromatic carbocycles. The molecule has 0 aromatic rings. The van der Waals surface area contributed by atoms with Crippen LogP contribution in [0, 0.1) is 5.92 Å². The van der Waals surface area contributed by atoms with Crippen molar-refractivity contribution in [1.29, 1.82) is 0 Å². The minimum Gasteiger partial charge on any atom is -0.345 e. The molecule has 0 aromatic heterocycles. The standard InChI is InChI=1S/C12H21N3O2/c1-2-3-9-8-10(9)14-11(16)12(17)15-6-4-13-5-7-15/h9-10,13H,2-8H2,1H3,(H,14,16). The van der Waals surface area contributed by atoms with Crippen LogP contribution in [0.25, 0.3) is 0 Å². The van der Waals surface area contributed by atoms with E-state index in [4.69, 9.17) is 0 Å². The summed E-state index contributed by atoms with van der Waals surface area (Å²) in [4.78, 5) is 25.2. The van der Waals surface area contributed by atoms with Gasteiger partial charge in [-0.25, -0.2) is 0 Å². The predicted octanol–water partition coefficient (Wildman–Crippen LogP) is -0.277. The Hall–Kier alpha value is -1.10. The van der Waals surface area contributed by atoms with Crippen molar-refractivity contribution in [2.75, 3.05) is 26.2 Å². The Balaban J connectivity index is 1.74. The molecule has 2 unspecified atom stereocenters. The van der Waals surface area contributed by atoms with E-state index in [9.17, 15) is 9.59 Å². The smallest absolute Gasteiger partial charge is 0.311 e. The first-order valence-corrected chi connectivity index (χ1v) is 6.53. The van der Waals surface area contributed by atoms with Gasteiger partial charge in [0.1, 0.15) is 0 Å². The van der Waals surface area contributed by atoms with E-state index in [0.29, 0.717) is 19.0 Å². The molecule has 2 N–H and O–H groups in total. The maximum Gasteiger partial charge on any atom is 0.311 e. The highest BCUT2D eigenvalue weighted by Crippen LogP contribution is 2.34. The molecule has 2 amide bonds. The molecule has 2 aliphatic rings. The van der Waals surface area contributed by atoms with Crippen LogP contribution >= 0.6 is 0 Å². The van der Waals surface area contributed by atoms with E-state index < -0.39 is 5.91 Å². The minimum atomic E-state index is -0.421. The van der Waals surface area contributed by atoms with Gasteiger partial charge in [-0.3, -0.25) is 9.59 Å². The topological polar surface area (TPSA) is 61.4 Å². The van der Waals surface area contributed by atoms with Crippen molar-refractivity contribution in [2.24, 2.45) is 5.92 Å². The molecule has 2 rings (SSSR count). The molecule has 2 fully saturated rings. The molecule has 17 heavy (non-hydrogen) atoms. The van der Waals surface area contributed by atoms with Crippen LogP contribution in [-0.4, -0.2) is 48.9 Å². The number of rotatable bonds is 3. The number of carbonyl (C=O) groups excluding carboxylic acids is 2. The first kappa shape index (κ1) is 12.4. The van der Waals surface area contributed by atoms with Crippen LogP contribution in [0.3, 0.4) is 0 Å². The molecule has 1 saturated carbocycles. The zero-order valence-corrected chi connectivity index (χ0v) is 10.4. The van der Waals surface area contributed by atoms with Crippen LogP contribution in [0.2, 0.25) is 0 Å². The molecule has 1 heterocycles. The molecule has 2 atom stereocenters. The largest absolute Gasteiger partial charge is 0.345 e. The van der Waals surface area contributed by atoms with E-state index >= 15 is 0 Å². The first-order valence-electron chi connectivity index (χ1n) is 6.53. The summed E-state index contributed by atoms with van der Waals surface area (Å²) in [5, 5.41) is 6.00. The fraction of sp³-hybridized carbons (Fsp3) is 0.833. The second-order valence-corrected chi connectivity index (χ2v) is 4.91. The number of carbonyl (C=O) groups is 2. The summed E-state index contributed by atoms with van der Waals surface area (Å²) < 4.78 is 0. The molecule has 5 nitrogen and oxygen atoms in total. The fourth-order valence-corrected chi connectivity index (χ4v) is 2.36. The maximum absolute atomic E-state index is 11.8. The van der Waals surface area contributed by atoms with E-state index in [-0.39, 0.29) is 11.9 Å². The van der Waals surface area contributed by atoms with Crippen molar-refractivity contribution in [1.82, 2.24) is 15.5 Å². The zero-order valence-electron chi connectivity index (χ0n) is 10.4. The summed E-state index contributed by atoms with van der Waals surface area (Å²) in [6.07, 6.45) is 3.32. The quantitative estimate of drug-likeness (QED) is 0.666. The van der Waals surface area contributed by atoms with Gasteiger partial charge in [0, 0.05) is 32.2 Å². The summed E-state index contributed by atoms with van der Waals surface area (Å²) in [6.45, 7) is 4.97. The number of amides is 2. The molecule has 0 radical (unpaired) electrons. The molecule has 0 spiro atoms. The lowest BCUT2D eigenvalue weighted by Gasteiger charge is -2.26. The first-order chi connectivity index (χ1) is 8.22. The average molecular weight is 239 g/mol.